The molecule has 4 aromatic rings. The highest BCUT2D eigenvalue weighted by atomic mass is 35.5. The molecule has 0 aliphatic carbocycles. The van der Waals surface area contributed by atoms with Gasteiger partial charge < -0.3 is 4.42 Å². The molecule has 0 unspecified atom stereocenters. The van der Waals surface area contributed by atoms with Crippen LogP contribution in [0.4, 0.5) is 13.2 Å². The lowest BCUT2D eigenvalue weighted by molar-refractivity contribution is -0.141. The molecule has 3 aromatic heterocycles. The van der Waals surface area contributed by atoms with E-state index in [4.69, 9.17) is 16.0 Å². The van der Waals surface area contributed by atoms with E-state index in [9.17, 15) is 13.2 Å². The van der Waals surface area contributed by atoms with Gasteiger partial charge in [0.25, 0.3) is 0 Å². The molecular weight excluding hydrogens is 387 g/mol. The van der Waals surface area contributed by atoms with Crippen molar-refractivity contribution in [2.24, 2.45) is 0 Å². The molecular formula is C17H9ClF3N3OS. The minimum atomic E-state index is -4.57. The summed E-state index contributed by atoms with van der Waals surface area (Å²) in [4.78, 5) is 4.41. The first-order valence-corrected chi connectivity index (χ1v) is 8.60. The third-order valence-corrected chi connectivity index (χ3v) is 4.65. The van der Waals surface area contributed by atoms with Crippen molar-refractivity contribution in [3.05, 3.63) is 64.8 Å². The molecule has 0 fully saturated rings. The van der Waals surface area contributed by atoms with Gasteiger partial charge in [0.1, 0.15) is 5.69 Å². The molecule has 4 nitrogen and oxygen atoms in total. The van der Waals surface area contributed by atoms with Crippen molar-refractivity contribution < 1.29 is 17.6 Å². The van der Waals surface area contributed by atoms with Gasteiger partial charge in [0, 0.05) is 22.0 Å². The molecule has 1 aromatic carbocycles. The molecule has 132 valence electrons. The Morgan fingerprint density at radius 3 is 2.54 bits per heavy atom. The Hall–Kier alpha value is -2.58. The fourth-order valence-corrected chi connectivity index (χ4v) is 3.30. The first-order chi connectivity index (χ1) is 12.4. The molecule has 0 saturated carbocycles. The van der Waals surface area contributed by atoms with E-state index in [1.54, 1.807) is 41.8 Å². The first-order valence-electron chi connectivity index (χ1n) is 7.35. The molecule has 3 heterocycles. The summed E-state index contributed by atoms with van der Waals surface area (Å²) in [5.74, 6) is 0.274. The van der Waals surface area contributed by atoms with E-state index in [2.05, 4.69) is 10.1 Å². The smallest absolute Gasteiger partial charge is 0.435 e. The number of alkyl halides is 3. The normalized spacial score (nSPS) is 11.8. The van der Waals surface area contributed by atoms with Crippen molar-refractivity contribution in [1.29, 1.82) is 0 Å². The second-order valence-corrected chi connectivity index (χ2v) is 6.60. The number of nitrogens with zero attached hydrogens (tertiary/aromatic N) is 3. The zero-order chi connectivity index (χ0) is 18.3. The van der Waals surface area contributed by atoms with Gasteiger partial charge in [-0.2, -0.15) is 18.3 Å². The topological polar surface area (TPSA) is 43.9 Å². The molecule has 0 amide bonds. The van der Waals surface area contributed by atoms with E-state index < -0.39 is 11.9 Å². The Morgan fingerprint density at radius 1 is 1.12 bits per heavy atom. The quantitative estimate of drug-likeness (QED) is 0.432. The minimum Gasteiger partial charge on any atom is -0.463 e. The Balaban J connectivity index is 1.80. The fourth-order valence-electron chi connectivity index (χ4n) is 2.38. The van der Waals surface area contributed by atoms with E-state index in [-0.39, 0.29) is 11.5 Å². The summed E-state index contributed by atoms with van der Waals surface area (Å²) in [6.07, 6.45) is -3.18. The predicted molar refractivity (Wildman–Crippen MR) is 92.4 cm³/mol. The number of hydrogen-bond acceptors (Lipinski definition) is 4. The van der Waals surface area contributed by atoms with Crippen LogP contribution in [0.25, 0.3) is 27.8 Å². The Kier molecular flexibility index (Phi) is 4.08. The Morgan fingerprint density at radius 2 is 1.88 bits per heavy atom. The highest BCUT2D eigenvalue weighted by Crippen LogP contribution is 2.34. The van der Waals surface area contributed by atoms with E-state index >= 15 is 0 Å². The second kappa shape index (κ2) is 6.30. The summed E-state index contributed by atoms with van der Waals surface area (Å²) in [7, 11) is 0. The third-order valence-electron chi connectivity index (χ3n) is 3.59. The minimum absolute atomic E-state index is 0.180. The summed E-state index contributed by atoms with van der Waals surface area (Å²) in [6.45, 7) is 0. The fraction of sp³-hybridized carbons (Fsp3) is 0.0588. The summed E-state index contributed by atoms with van der Waals surface area (Å²) < 4.78 is 45.7. The highest BCUT2D eigenvalue weighted by molar-refractivity contribution is 7.12. The summed E-state index contributed by atoms with van der Waals surface area (Å²) in [6, 6.07) is 11.1. The van der Waals surface area contributed by atoms with Crippen LogP contribution in [0.15, 0.2) is 58.5 Å². The van der Waals surface area contributed by atoms with E-state index in [0.717, 1.165) is 16.3 Å². The predicted octanol–water partition coefficient (Wildman–Crippen LogP) is 5.93. The van der Waals surface area contributed by atoms with Crippen molar-refractivity contribution in [3.8, 4) is 27.8 Å². The van der Waals surface area contributed by atoms with E-state index in [0.29, 0.717) is 15.8 Å². The number of furan rings is 1. The lowest BCUT2D eigenvalue weighted by Crippen LogP contribution is -2.07. The van der Waals surface area contributed by atoms with E-state index in [1.807, 2.05) is 0 Å². The van der Waals surface area contributed by atoms with Gasteiger partial charge >= 0.3 is 6.18 Å². The molecule has 0 atom stereocenters. The Labute approximate surface area is 154 Å². The summed E-state index contributed by atoms with van der Waals surface area (Å²) >= 11 is 7.06. The SMILES string of the molecule is FC(F)(F)c1cc(-c2ccco2)n(-c2nc(-c3ccc(Cl)cc3)cs2)n1. The molecule has 0 N–H and O–H groups in total. The average Bonchev–Trinajstić information content (AvgIpc) is 3.33. The Bertz CT molecular complexity index is 1040. The van der Waals surface area contributed by atoms with Crippen LogP contribution in [-0.4, -0.2) is 14.8 Å². The van der Waals surface area contributed by atoms with Gasteiger partial charge in [-0.1, -0.05) is 23.7 Å². The lowest BCUT2D eigenvalue weighted by Gasteiger charge is -2.02. The van der Waals surface area contributed by atoms with Crippen LogP contribution in [-0.2, 0) is 6.18 Å². The third kappa shape index (κ3) is 3.13. The number of rotatable bonds is 3. The zero-order valence-corrected chi connectivity index (χ0v) is 14.4. The maximum atomic E-state index is 13.1. The van der Waals surface area contributed by atoms with Crippen LogP contribution in [0.1, 0.15) is 5.69 Å². The van der Waals surface area contributed by atoms with Crippen molar-refractivity contribution in [2.75, 3.05) is 0 Å². The standard InChI is InChI=1S/C17H9ClF3N3OS/c18-11-5-3-10(4-6-11)12-9-26-16(22-12)24-13(14-2-1-7-25-14)8-15(23-24)17(19,20)21/h1-9H. The van der Waals surface area contributed by atoms with Gasteiger partial charge in [0.2, 0.25) is 5.13 Å². The summed E-state index contributed by atoms with van der Waals surface area (Å²) in [5.41, 5.74) is 0.599. The number of halogens is 4. The molecule has 0 radical (unpaired) electrons. The van der Waals surface area contributed by atoms with Crippen LogP contribution < -0.4 is 0 Å². The van der Waals surface area contributed by atoms with Gasteiger partial charge in [0.15, 0.2) is 11.5 Å². The van der Waals surface area contributed by atoms with Crippen LogP contribution in [0.5, 0.6) is 0 Å². The lowest BCUT2D eigenvalue weighted by atomic mass is 10.2. The van der Waals surface area contributed by atoms with Crippen LogP contribution in [0.3, 0.4) is 0 Å². The van der Waals surface area contributed by atoms with Crippen LogP contribution in [0, 0.1) is 0 Å². The van der Waals surface area contributed by atoms with Crippen molar-refractivity contribution in [3.63, 3.8) is 0 Å². The molecule has 0 saturated heterocycles. The van der Waals surface area contributed by atoms with Gasteiger partial charge in [-0.25, -0.2) is 9.67 Å². The number of benzene rings is 1. The number of thiazole rings is 1. The van der Waals surface area contributed by atoms with Crippen molar-refractivity contribution in [1.82, 2.24) is 14.8 Å². The van der Waals surface area contributed by atoms with Gasteiger partial charge in [-0.05, 0) is 24.3 Å². The largest absolute Gasteiger partial charge is 0.463 e. The van der Waals surface area contributed by atoms with Crippen molar-refractivity contribution in [2.45, 2.75) is 6.18 Å². The van der Waals surface area contributed by atoms with Crippen LogP contribution >= 0.6 is 22.9 Å². The molecule has 0 aliphatic heterocycles. The van der Waals surface area contributed by atoms with Crippen LogP contribution in [0.2, 0.25) is 5.02 Å². The van der Waals surface area contributed by atoms with E-state index in [1.165, 1.54) is 17.6 Å². The molecule has 4 rings (SSSR count). The highest BCUT2D eigenvalue weighted by Gasteiger charge is 2.36. The first kappa shape index (κ1) is 16.9. The maximum absolute atomic E-state index is 13.1. The zero-order valence-electron chi connectivity index (χ0n) is 12.9. The maximum Gasteiger partial charge on any atom is 0.435 e. The number of hydrogen-bond donors (Lipinski definition) is 0. The molecule has 26 heavy (non-hydrogen) atoms. The number of aromatic nitrogens is 3. The molecule has 0 spiro atoms. The molecule has 0 bridgehead atoms. The molecule has 0 aliphatic rings. The average molecular weight is 396 g/mol. The second-order valence-electron chi connectivity index (χ2n) is 5.32. The van der Waals surface area contributed by atoms with Crippen molar-refractivity contribution >= 4 is 22.9 Å². The monoisotopic (exact) mass is 395 g/mol. The summed E-state index contributed by atoms with van der Waals surface area (Å²) in [5, 5.41) is 6.33. The van der Waals surface area contributed by atoms with Gasteiger partial charge in [0.05, 0.1) is 12.0 Å². The van der Waals surface area contributed by atoms with Gasteiger partial charge in [-0.3, -0.25) is 0 Å². The van der Waals surface area contributed by atoms with Gasteiger partial charge in [-0.15, -0.1) is 11.3 Å². The molecule has 9 heteroatoms.